The van der Waals surface area contributed by atoms with Crippen LogP contribution in [0.25, 0.3) is 11.1 Å². The minimum atomic E-state index is -0.485. The van der Waals surface area contributed by atoms with Gasteiger partial charge in [0.1, 0.15) is 0 Å². The molecule has 98 valence electrons. The number of nitriles is 1. The summed E-state index contributed by atoms with van der Waals surface area (Å²) in [5.74, 6) is -0.485. The van der Waals surface area contributed by atoms with Crippen molar-refractivity contribution in [3.63, 3.8) is 0 Å². The highest BCUT2D eigenvalue weighted by Crippen LogP contribution is 2.36. The molecule has 6 heteroatoms. The molecule has 0 saturated heterocycles. The lowest BCUT2D eigenvalue weighted by molar-refractivity contribution is 0.555. The number of anilines is 2. The van der Waals surface area contributed by atoms with Crippen molar-refractivity contribution in [1.82, 2.24) is 4.98 Å². The molecule has 2 aromatic rings. The Labute approximate surface area is 109 Å². The number of nitrogen functional groups attached to an aromatic ring is 1. The van der Waals surface area contributed by atoms with Crippen LogP contribution in [0.1, 0.15) is 19.3 Å². The van der Waals surface area contributed by atoms with Crippen LogP contribution in [0.3, 0.4) is 0 Å². The van der Waals surface area contributed by atoms with E-state index < -0.39 is 5.76 Å². The Morgan fingerprint density at radius 1 is 1.53 bits per heavy atom. The van der Waals surface area contributed by atoms with E-state index in [9.17, 15) is 4.79 Å². The van der Waals surface area contributed by atoms with Crippen molar-refractivity contribution in [1.29, 1.82) is 5.26 Å². The van der Waals surface area contributed by atoms with Crippen molar-refractivity contribution in [2.75, 3.05) is 17.2 Å². The lowest BCUT2D eigenvalue weighted by Crippen LogP contribution is -2.27. The van der Waals surface area contributed by atoms with E-state index in [1.54, 1.807) is 6.07 Å². The van der Waals surface area contributed by atoms with E-state index in [1.807, 2.05) is 6.07 Å². The Kier molecular flexibility index (Phi) is 2.67. The summed E-state index contributed by atoms with van der Waals surface area (Å²) in [5, 5.41) is 8.74. The monoisotopic (exact) mass is 258 g/mol. The lowest BCUT2D eigenvalue weighted by Gasteiger charge is -2.25. The number of nitrogens with zero attached hydrogens (tertiary/aromatic N) is 2. The Morgan fingerprint density at radius 3 is 3.00 bits per heavy atom. The molecule has 3 N–H and O–H groups in total. The summed E-state index contributed by atoms with van der Waals surface area (Å²) in [7, 11) is 0. The van der Waals surface area contributed by atoms with Gasteiger partial charge in [-0.15, -0.1) is 0 Å². The lowest BCUT2D eigenvalue weighted by atomic mass is 10.2. The molecule has 0 bridgehead atoms. The van der Waals surface area contributed by atoms with Crippen LogP contribution < -0.4 is 16.4 Å². The number of oxazole rings is 1. The fraction of sp³-hybridized carbons (Fsp3) is 0.385. The first kappa shape index (κ1) is 11.7. The quantitative estimate of drug-likeness (QED) is 0.811. The van der Waals surface area contributed by atoms with E-state index >= 15 is 0 Å². The van der Waals surface area contributed by atoms with E-state index in [0.29, 0.717) is 35.8 Å². The van der Waals surface area contributed by atoms with Gasteiger partial charge in [-0.1, -0.05) is 0 Å². The molecule has 1 heterocycles. The first-order chi connectivity index (χ1) is 9.19. The highest BCUT2D eigenvalue weighted by molar-refractivity contribution is 5.85. The van der Waals surface area contributed by atoms with E-state index in [4.69, 9.17) is 15.4 Å². The molecule has 3 rings (SSSR count). The van der Waals surface area contributed by atoms with Crippen LogP contribution in [0.2, 0.25) is 0 Å². The van der Waals surface area contributed by atoms with Gasteiger partial charge in [0.2, 0.25) is 0 Å². The van der Waals surface area contributed by atoms with Crippen LogP contribution in [-0.2, 0) is 0 Å². The summed E-state index contributed by atoms with van der Waals surface area (Å²) in [6.45, 7) is 0.652. The van der Waals surface area contributed by atoms with Crippen LogP contribution >= 0.6 is 0 Å². The van der Waals surface area contributed by atoms with E-state index in [0.717, 1.165) is 18.5 Å². The first-order valence-corrected chi connectivity index (χ1v) is 6.25. The number of hydrogen-bond acceptors (Lipinski definition) is 5. The van der Waals surface area contributed by atoms with E-state index in [1.165, 1.54) is 0 Å². The normalized spacial score (nSPS) is 14.5. The second-order valence-electron chi connectivity index (χ2n) is 4.75. The molecule has 1 aliphatic carbocycles. The van der Waals surface area contributed by atoms with Gasteiger partial charge in [0.05, 0.1) is 29.4 Å². The zero-order chi connectivity index (χ0) is 13.4. The molecule has 1 saturated carbocycles. The summed E-state index contributed by atoms with van der Waals surface area (Å²) in [4.78, 5) is 15.9. The number of nitrogens with one attached hydrogen (secondary N) is 1. The minimum absolute atomic E-state index is 0.451. The molecule has 1 fully saturated rings. The topological polar surface area (TPSA) is 99.0 Å². The van der Waals surface area contributed by atoms with Crippen LogP contribution in [0.15, 0.2) is 21.3 Å². The maximum atomic E-state index is 11.2. The molecule has 1 aromatic carbocycles. The first-order valence-electron chi connectivity index (χ1n) is 6.25. The molecule has 0 amide bonds. The van der Waals surface area contributed by atoms with Gasteiger partial charge in [-0.3, -0.25) is 4.98 Å². The smallest absolute Gasteiger partial charge is 0.408 e. The summed E-state index contributed by atoms with van der Waals surface area (Å²) in [6.07, 6.45) is 2.69. The third kappa shape index (κ3) is 2.15. The molecule has 0 atom stereocenters. The number of nitrogens with two attached hydrogens (primary N) is 1. The summed E-state index contributed by atoms with van der Waals surface area (Å²) >= 11 is 0. The fourth-order valence-electron chi connectivity index (χ4n) is 2.31. The maximum Gasteiger partial charge on any atom is 0.417 e. The standard InChI is InChI=1S/C13H14N4O2/c14-4-1-5-17(8-2-3-8)11-7-10-12(6-9(11)15)19-13(18)16-10/h6-8H,1-3,5,15H2,(H,16,18). The van der Waals surface area contributed by atoms with Gasteiger partial charge >= 0.3 is 5.76 Å². The van der Waals surface area contributed by atoms with Gasteiger partial charge in [0.25, 0.3) is 0 Å². The third-order valence-corrected chi connectivity index (χ3v) is 3.33. The molecular weight excluding hydrogens is 244 g/mol. The van der Waals surface area contributed by atoms with Gasteiger partial charge in [-0.2, -0.15) is 5.26 Å². The number of H-pyrrole nitrogens is 1. The number of fused-ring (bicyclic) bond motifs is 1. The molecule has 6 nitrogen and oxygen atoms in total. The van der Waals surface area contributed by atoms with Crippen molar-refractivity contribution in [2.24, 2.45) is 0 Å². The second kappa shape index (κ2) is 4.35. The zero-order valence-electron chi connectivity index (χ0n) is 10.3. The van der Waals surface area contributed by atoms with Gasteiger partial charge in [0, 0.05) is 18.7 Å². The SMILES string of the molecule is N#CCCN(c1cc2[nH]c(=O)oc2cc1N)C1CC1. The van der Waals surface area contributed by atoms with Crippen molar-refractivity contribution in [3.05, 3.63) is 22.7 Å². The van der Waals surface area contributed by atoms with Gasteiger partial charge < -0.3 is 15.1 Å². The Bertz CT molecular complexity index is 705. The Balaban J connectivity index is 2.03. The predicted octanol–water partition coefficient (Wildman–Crippen LogP) is 1.59. The molecule has 0 unspecified atom stereocenters. The number of aromatic amines is 1. The minimum Gasteiger partial charge on any atom is -0.408 e. The summed E-state index contributed by atoms with van der Waals surface area (Å²) in [6, 6.07) is 6.08. The highest BCUT2D eigenvalue weighted by atomic mass is 16.4. The van der Waals surface area contributed by atoms with E-state index in [2.05, 4.69) is 16.0 Å². The van der Waals surface area contributed by atoms with Gasteiger partial charge in [-0.25, -0.2) is 4.79 Å². The van der Waals surface area contributed by atoms with Crippen LogP contribution in [-0.4, -0.2) is 17.6 Å². The Morgan fingerprint density at radius 2 is 2.32 bits per heavy atom. The largest absolute Gasteiger partial charge is 0.417 e. The van der Waals surface area contributed by atoms with Crippen molar-refractivity contribution in [3.8, 4) is 6.07 Å². The second-order valence-corrected chi connectivity index (χ2v) is 4.75. The average Bonchev–Trinajstić information content (AvgIpc) is 3.13. The number of hydrogen-bond donors (Lipinski definition) is 2. The molecule has 0 spiro atoms. The number of aromatic nitrogens is 1. The van der Waals surface area contributed by atoms with Gasteiger partial charge in [0.15, 0.2) is 5.58 Å². The molecule has 1 aliphatic rings. The van der Waals surface area contributed by atoms with Crippen LogP contribution in [0.5, 0.6) is 0 Å². The molecular formula is C13H14N4O2. The van der Waals surface area contributed by atoms with Crippen molar-refractivity contribution < 1.29 is 4.42 Å². The van der Waals surface area contributed by atoms with Gasteiger partial charge in [-0.05, 0) is 18.9 Å². The van der Waals surface area contributed by atoms with Crippen molar-refractivity contribution in [2.45, 2.75) is 25.3 Å². The molecule has 0 radical (unpaired) electrons. The van der Waals surface area contributed by atoms with E-state index in [-0.39, 0.29) is 0 Å². The fourth-order valence-corrected chi connectivity index (χ4v) is 2.31. The number of benzene rings is 1. The third-order valence-electron chi connectivity index (χ3n) is 3.33. The zero-order valence-corrected chi connectivity index (χ0v) is 10.3. The summed E-state index contributed by atoms with van der Waals surface area (Å²) < 4.78 is 4.98. The summed E-state index contributed by atoms with van der Waals surface area (Å²) in [5.41, 5.74) is 8.56. The number of rotatable bonds is 4. The molecule has 0 aliphatic heterocycles. The van der Waals surface area contributed by atoms with Crippen LogP contribution in [0.4, 0.5) is 11.4 Å². The molecule has 1 aromatic heterocycles. The van der Waals surface area contributed by atoms with Crippen molar-refractivity contribution >= 4 is 22.5 Å². The average molecular weight is 258 g/mol. The molecule has 19 heavy (non-hydrogen) atoms. The Hall–Kier alpha value is -2.42. The highest BCUT2D eigenvalue weighted by Gasteiger charge is 2.30. The predicted molar refractivity (Wildman–Crippen MR) is 71.8 cm³/mol. The maximum absolute atomic E-state index is 11.2. The van der Waals surface area contributed by atoms with Crippen LogP contribution in [0, 0.1) is 11.3 Å².